The molecule has 1 aromatic heterocycles. The van der Waals surface area contributed by atoms with E-state index in [1.165, 1.54) is 4.70 Å². The lowest BCUT2D eigenvalue weighted by atomic mass is 10.2. The Balaban J connectivity index is 1.53. The molecule has 4 nitrogen and oxygen atoms in total. The van der Waals surface area contributed by atoms with Crippen LogP contribution in [0.15, 0.2) is 54.6 Å². The summed E-state index contributed by atoms with van der Waals surface area (Å²) in [6.45, 7) is 0.780. The monoisotopic (exact) mass is 364 g/mol. The molecule has 5 heteroatoms. The summed E-state index contributed by atoms with van der Waals surface area (Å²) in [4.78, 5) is 19.4. The first-order chi connectivity index (χ1) is 12.7. The van der Waals surface area contributed by atoms with Crippen molar-refractivity contribution in [3.8, 4) is 5.75 Å². The van der Waals surface area contributed by atoms with E-state index in [1.54, 1.807) is 24.5 Å². The minimum Gasteiger partial charge on any atom is -0.497 e. The summed E-state index contributed by atoms with van der Waals surface area (Å²) in [5.41, 5.74) is 1.96. The normalized spacial score (nSPS) is 17.3. The highest BCUT2D eigenvalue weighted by Gasteiger charge is 2.31. The van der Waals surface area contributed by atoms with E-state index in [2.05, 4.69) is 6.07 Å². The lowest BCUT2D eigenvalue weighted by Gasteiger charge is -2.21. The number of rotatable bonds is 4. The van der Waals surface area contributed by atoms with Crippen molar-refractivity contribution in [1.82, 2.24) is 9.88 Å². The third-order valence-corrected chi connectivity index (χ3v) is 5.78. The Morgan fingerprint density at radius 3 is 3.00 bits per heavy atom. The van der Waals surface area contributed by atoms with Crippen molar-refractivity contribution in [2.45, 2.75) is 18.9 Å². The van der Waals surface area contributed by atoms with Gasteiger partial charge in [0.2, 0.25) is 5.91 Å². The molecule has 1 saturated heterocycles. The van der Waals surface area contributed by atoms with Gasteiger partial charge >= 0.3 is 0 Å². The van der Waals surface area contributed by atoms with Gasteiger partial charge in [-0.2, -0.15) is 0 Å². The number of hydrogen-bond donors (Lipinski definition) is 0. The van der Waals surface area contributed by atoms with E-state index in [-0.39, 0.29) is 11.9 Å². The first-order valence-corrected chi connectivity index (χ1v) is 9.54. The van der Waals surface area contributed by atoms with Crippen LogP contribution in [-0.4, -0.2) is 29.4 Å². The van der Waals surface area contributed by atoms with E-state index < -0.39 is 0 Å². The number of thiazole rings is 1. The fraction of sp³-hybridized carbons (Fsp3) is 0.238. The molecule has 0 bridgehead atoms. The van der Waals surface area contributed by atoms with Crippen molar-refractivity contribution in [1.29, 1.82) is 0 Å². The summed E-state index contributed by atoms with van der Waals surface area (Å²) in [7, 11) is 1.64. The minimum absolute atomic E-state index is 0.0366. The average Bonchev–Trinajstić information content (AvgIpc) is 3.32. The largest absolute Gasteiger partial charge is 0.497 e. The lowest BCUT2D eigenvalue weighted by molar-refractivity contribution is -0.126. The van der Waals surface area contributed by atoms with E-state index in [0.29, 0.717) is 0 Å². The summed E-state index contributed by atoms with van der Waals surface area (Å²) in [6.07, 6.45) is 5.48. The van der Waals surface area contributed by atoms with Gasteiger partial charge in [-0.15, -0.1) is 11.3 Å². The molecule has 0 aliphatic carbocycles. The predicted octanol–water partition coefficient (Wildman–Crippen LogP) is 4.68. The maximum absolute atomic E-state index is 12.8. The molecule has 0 unspecified atom stereocenters. The Hall–Kier alpha value is -2.66. The molecule has 0 radical (unpaired) electrons. The molecule has 1 amide bonds. The van der Waals surface area contributed by atoms with Crippen molar-refractivity contribution in [3.05, 3.63) is 65.2 Å². The number of aromatic nitrogens is 1. The molecule has 2 aromatic carbocycles. The van der Waals surface area contributed by atoms with Crippen LogP contribution in [0.25, 0.3) is 16.3 Å². The van der Waals surface area contributed by atoms with Crippen LogP contribution in [0, 0.1) is 0 Å². The Labute approximate surface area is 156 Å². The van der Waals surface area contributed by atoms with E-state index in [9.17, 15) is 4.79 Å². The highest BCUT2D eigenvalue weighted by Crippen LogP contribution is 2.36. The zero-order valence-electron chi connectivity index (χ0n) is 14.6. The molecule has 0 spiro atoms. The number of para-hydroxylation sites is 1. The van der Waals surface area contributed by atoms with E-state index in [4.69, 9.17) is 9.72 Å². The maximum atomic E-state index is 12.8. The molecule has 26 heavy (non-hydrogen) atoms. The summed E-state index contributed by atoms with van der Waals surface area (Å²) in [5.74, 6) is 0.822. The molecule has 1 aliphatic rings. The zero-order chi connectivity index (χ0) is 17.9. The number of fused-ring (bicyclic) bond motifs is 1. The number of hydrogen-bond acceptors (Lipinski definition) is 4. The molecule has 132 valence electrons. The van der Waals surface area contributed by atoms with Crippen LogP contribution in [0.2, 0.25) is 0 Å². The summed E-state index contributed by atoms with van der Waals surface area (Å²) in [6, 6.07) is 15.9. The number of carbonyl (C=O) groups is 1. The standard InChI is InChI=1S/C21H20N2O2S/c1-25-16-7-4-6-15(14-16)11-12-20(24)23-13-5-9-18(23)21-22-17-8-2-3-10-19(17)26-21/h2-4,6-8,10-12,14,18H,5,9,13H2,1H3/b12-11+/t18-/m1/s1. The Kier molecular flexibility index (Phi) is 4.71. The smallest absolute Gasteiger partial charge is 0.247 e. The van der Waals surface area contributed by atoms with Gasteiger partial charge in [0.25, 0.3) is 0 Å². The van der Waals surface area contributed by atoms with Crippen molar-refractivity contribution >= 4 is 33.5 Å². The van der Waals surface area contributed by atoms with Gasteiger partial charge in [-0.25, -0.2) is 4.98 Å². The molecular formula is C21H20N2O2S. The number of nitrogens with zero attached hydrogens (tertiary/aromatic N) is 2. The Morgan fingerprint density at radius 2 is 2.15 bits per heavy atom. The lowest BCUT2D eigenvalue weighted by Crippen LogP contribution is -2.28. The highest BCUT2D eigenvalue weighted by atomic mass is 32.1. The summed E-state index contributed by atoms with van der Waals surface area (Å²) in [5, 5.41) is 1.03. The minimum atomic E-state index is 0.0366. The number of likely N-dealkylation sites (tertiary alicyclic amines) is 1. The van der Waals surface area contributed by atoms with Crippen molar-refractivity contribution in [2.75, 3.05) is 13.7 Å². The zero-order valence-corrected chi connectivity index (χ0v) is 15.4. The second-order valence-corrected chi connectivity index (χ2v) is 7.38. The second kappa shape index (κ2) is 7.30. The number of benzene rings is 2. The molecule has 0 N–H and O–H groups in total. The summed E-state index contributed by atoms with van der Waals surface area (Å²) >= 11 is 1.69. The SMILES string of the molecule is COc1cccc(/C=C/C(=O)N2CCC[C@@H]2c2nc3ccccc3s2)c1. The topological polar surface area (TPSA) is 42.4 Å². The van der Waals surface area contributed by atoms with E-state index >= 15 is 0 Å². The number of amides is 1. The van der Waals surface area contributed by atoms with Gasteiger partial charge in [-0.1, -0.05) is 24.3 Å². The average molecular weight is 364 g/mol. The first-order valence-electron chi connectivity index (χ1n) is 8.73. The van der Waals surface area contributed by atoms with Crippen LogP contribution >= 0.6 is 11.3 Å². The van der Waals surface area contributed by atoms with Gasteiger partial charge in [0.15, 0.2) is 0 Å². The molecule has 1 atom stereocenters. The third kappa shape index (κ3) is 3.35. The van der Waals surface area contributed by atoms with Gasteiger partial charge in [0.05, 0.1) is 23.4 Å². The van der Waals surface area contributed by atoms with Crippen LogP contribution in [0.1, 0.15) is 29.5 Å². The fourth-order valence-corrected chi connectivity index (χ4v) is 4.44. The van der Waals surface area contributed by atoms with Crippen molar-refractivity contribution in [3.63, 3.8) is 0 Å². The van der Waals surface area contributed by atoms with Crippen LogP contribution in [0.4, 0.5) is 0 Å². The Bertz CT molecular complexity index is 930. The Morgan fingerprint density at radius 1 is 1.27 bits per heavy atom. The van der Waals surface area contributed by atoms with Crippen molar-refractivity contribution < 1.29 is 9.53 Å². The van der Waals surface area contributed by atoms with Gasteiger partial charge in [0.1, 0.15) is 10.8 Å². The molecule has 2 heterocycles. The highest BCUT2D eigenvalue weighted by molar-refractivity contribution is 7.18. The van der Waals surface area contributed by atoms with E-state index in [1.807, 2.05) is 53.4 Å². The molecular weight excluding hydrogens is 344 g/mol. The quantitative estimate of drug-likeness (QED) is 0.631. The van der Waals surface area contributed by atoms with Crippen LogP contribution < -0.4 is 4.74 Å². The first kappa shape index (κ1) is 16.8. The number of carbonyl (C=O) groups excluding carboxylic acids is 1. The predicted molar refractivity (Wildman–Crippen MR) is 105 cm³/mol. The molecule has 4 rings (SSSR count). The van der Waals surface area contributed by atoms with Crippen LogP contribution in [-0.2, 0) is 4.79 Å². The fourth-order valence-electron chi connectivity index (χ4n) is 3.33. The van der Waals surface area contributed by atoms with Gasteiger partial charge < -0.3 is 9.64 Å². The molecule has 0 saturated carbocycles. The third-order valence-electron chi connectivity index (χ3n) is 4.64. The van der Waals surface area contributed by atoms with Gasteiger partial charge in [-0.3, -0.25) is 4.79 Å². The summed E-state index contributed by atoms with van der Waals surface area (Å²) < 4.78 is 6.40. The molecule has 1 aliphatic heterocycles. The van der Waals surface area contributed by atoms with E-state index in [0.717, 1.165) is 41.2 Å². The number of ether oxygens (including phenoxy) is 1. The number of methoxy groups -OCH3 is 1. The van der Waals surface area contributed by atoms with Gasteiger partial charge in [-0.05, 0) is 48.7 Å². The molecule has 1 fully saturated rings. The maximum Gasteiger partial charge on any atom is 0.247 e. The van der Waals surface area contributed by atoms with Crippen molar-refractivity contribution in [2.24, 2.45) is 0 Å². The second-order valence-electron chi connectivity index (χ2n) is 6.32. The van der Waals surface area contributed by atoms with Crippen LogP contribution in [0.3, 0.4) is 0 Å². The van der Waals surface area contributed by atoms with Gasteiger partial charge in [0, 0.05) is 12.6 Å². The van der Waals surface area contributed by atoms with Crippen LogP contribution in [0.5, 0.6) is 5.75 Å². The molecule has 3 aromatic rings.